The van der Waals surface area contributed by atoms with Crippen molar-refractivity contribution in [2.24, 2.45) is 0 Å². The Morgan fingerprint density at radius 3 is 1.23 bits per heavy atom. The Kier molecular flexibility index (Phi) is 10.9. The Bertz CT molecular complexity index is 1420. The number of benzene rings is 3. The van der Waals surface area contributed by atoms with Gasteiger partial charge in [0.1, 0.15) is 12.2 Å². The van der Waals surface area contributed by atoms with Crippen LogP contribution in [0, 0.1) is 0 Å². The zero-order valence-electron chi connectivity index (χ0n) is 30.4. The average molecular weight is 673 g/mol. The van der Waals surface area contributed by atoms with E-state index in [4.69, 9.17) is 23.1 Å². The van der Waals surface area contributed by atoms with E-state index < -0.39 is 16.6 Å². The lowest BCUT2D eigenvalue weighted by Crippen LogP contribution is -2.42. The van der Waals surface area contributed by atoms with Crippen LogP contribution in [-0.4, -0.2) is 29.8 Å². The molecule has 2 atom stereocenters. The molecule has 0 aromatic heterocycles. The normalized spacial score (nSPS) is 18.3. The molecule has 2 heterocycles. The third-order valence-electron chi connectivity index (χ3n) is 10.8. The summed E-state index contributed by atoms with van der Waals surface area (Å²) in [6, 6.07) is 25.3. The van der Waals surface area contributed by atoms with Gasteiger partial charge in [0.05, 0.1) is 39.6 Å². The number of hydrogen-bond acceptors (Lipinski definition) is 5. The van der Waals surface area contributed by atoms with Crippen molar-refractivity contribution in [2.75, 3.05) is 13.2 Å². The van der Waals surface area contributed by atoms with Crippen LogP contribution in [0.4, 0.5) is 0 Å². The molecule has 0 amide bonds. The first-order chi connectivity index (χ1) is 22.1. The highest BCUT2D eigenvalue weighted by Crippen LogP contribution is 2.55. The molecule has 5 nitrogen and oxygen atoms in total. The van der Waals surface area contributed by atoms with Gasteiger partial charge >= 0.3 is 0 Å². The van der Waals surface area contributed by atoms with Crippen LogP contribution in [0.25, 0.3) is 0 Å². The van der Waals surface area contributed by atoms with Gasteiger partial charge in [-0.05, 0) is 92.9 Å². The van der Waals surface area contributed by atoms with Gasteiger partial charge in [0.25, 0.3) is 0 Å². The second kappa shape index (κ2) is 14.2. The molecule has 0 radical (unpaired) electrons. The molecular weight excluding hydrogens is 617 g/mol. The van der Waals surface area contributed by atoms with Crippen molar-refractivity contribution in [2.45, 2.75) is 116 Å². The Morgan fingerprint density at radius 1 is 0.532 bits per heavy atom. The molecule has 0 saturated carbocycles. The van der Waals surface area contributed by atoms with E-state index in [1.54, 1.807) is 0 Å². The maximum Gasteiger partial charge on any atom is 0.192 e. The number of hydrogen-bond donors (Lipinski definition) is 0. The second-order valence-corrected chi connectivity index (χ2v) is 25.9. The van der Waals surface area contributed by atoms with E-state index in [9.17, 15) is 0 Å². The summed E-state index contributed by atoms with van der Waals surface area (Å²) < 4.78 is 33.1. The number of ether oxygens (including phenoxy) is 3. The molecule has 0 spiro atoms. The summed E-state index contributed by atoms with van der Waals surface area (Å²) >= 11 is 0. The van der Waals surface area contributed by atoms with Crippen LogP contribution in [-0.2, 0) is 49.5 Å². The van der Waals surface area contributed by atoms with Crippen molar-refractivity contribution in [1.29, 1.82) is 0 Å². The Morgan fingerprint density at radius 2 is 0.894 bits per heavy atom. The Balaban J connectivity index is 1.45. The third-order valence-corrected chi connectivity index (χ3v) is 19.8. The molecule has 2 unspecified atom stereocenters. The van der Waals surface area contributed by atoms with Crippen LogP contribution in [0.1, 0.15) is 87.1 Å². The minimum Gasteiger partial charge on any atom is -0.413 e. The fraction of sp³-hybridized carbons (Fsp3) is 0.500. The zero-order valence-corrected chi connectivity index (χ0v) is 32.4. The van der Waals surface area contributed by atoms with Gasteiger partial charge < -0.3 is 23.1 Å². The van der Waals surface area contributed by atoms with E-state index in [1.165, 1.54) is 22.3 Å². The molecule has 0 N–H and O–H groups in total. The summed E-state index contributed by atoms with van der Waals surface area (Å²) in [6.07, 6.45) is -0.269. The van der Waals surface area contributed by atoms with Gasteiger partial charge in [-0.3, -0.25) is 0 Å². The van der Waals surface area contributed by atoms with Gasteiger partial charge in [-0.15, -0.1) is 0 Å². The van der Waals surface area contributed by atoms with Crippen molar-refractivity contribution < 1.29 is 23.1 Å². The summed E-state index contributed by atoms with van der Waals surface area (Å²) in [5.41, 5.74) is 9.57. The molecule has 0 aliphatic carbocycles. The highest BCUT2D eigenvalue weighted by Gasteiger charge is 2.47. The largest absolute Gasteiger partial charge is 0.413 e. The standard InChI is InChI=1S/C40H56O5Si2/c1-39(2,3)46(7,8)43-27-35-36(28-44-47(9,10)40(4,5)6)38-34-22-32(26-42-24-30-19-15-12-16-20-30)31(21-33(34)37(35)45-38)25-41-23-29-17-13-11-14-18-29/h11-22,37-38H,23-28H2,1-10H3. The molecule has 47 heavy (non-hydrogen) atoms. The first-order valence-electron chi connectivity index (χ1n) is 17.1. The lowest BCUT2D eigenvalue weighted by Gasteiger charge is -2.38. The van der Waals surface area contributed by atoms with Crippen LogP contribution < -0.4 is 0 Å². The lowest BCUT2D eigenvalue weighted by molar-refractivity contribution is 0.0715. The van der Waals surface area contributed by atoms with Crippen molar-refractivity contribution in [3.8, 4) is 0 Å². The van der Waals surface area contributed by atoms with Crippen molar-refractivity contribution >= 4 is 16.6 Å². The molecule has 0 saturated heterocycles. The smallest absolute Gasteiger partial charge is 0.192 e. The van der Waals surface area contributed by atoms with Gasteiger partial charge in [0, 0.05) is 0 Å². The molecule has 254 valence electrons. The molecule has 0 fully saturated rings. The minimum absolute atomic E-state index is 0.125. The molecule has 3 aromatic rings. The zero-order chi connectivity index (χ0) is 34.0. The van der Waals surface area contributed by atoms with Crippen LogP contribution in [0.5, 0.6) is 0 Å². The molecule has 5 rings (SSSR count). The summed E-state index contributed by atoms with van der Waals surface area (Å²) in [7, 11) is -3.96. The fourth-order valence-corrected chi connectivity index (χ4v) is 7.50. The topological polar surface area (TPSA) is 46.2 Å². The molecule has 2 bridgehead atoms. The van der Waals surface area contributed by atoms with E-state index in [0.717, 1.165) is 22.3 Å². The van der Waals surface area contributed by atoms with Crippen LogP contribution in [0.15, 0.2) is 83.9 Å². The predicted octanol–water partition coefficient (Wildman–Crippen LogP) is 10.6. The minimum atomic E-state index is -1.98. The monoisotopic (exact) mass is 672 g/mol. The lowest BCUT2D eigenvalue weighted by atomic mass is 9.84. The van der Waals surface area contributed by atoms with E-state index in [2.05, 4.69) is 128 Å². The molecule has 2 aliphatic heterocycles. The Hall–Kier alpha value is -2.37. The average Bonchev–Trinajstić information content (AvgIpc) is 3.55. The van der Waals surface area contributed by atoms with Crippen molar-refractivity contribution in [1.82, 2.24) is 0 Å². The van der Waals surface area contributed by atoms with Gasteiger partial charge in [-0.2, -0.15) is 0 Å². The first kappa shape index (κ1) is 35.9. The Labute approximate surface area is 285 Å². The SMILES string of the molecule is CC(C)(C)[Si](C)(C)OCC1=C(CO[Si](C)(C)C(C)(C)C)C2OC1c1cc(COCc3ccccc3)c(COCc3ccccc3)cc12. The molecule has 7 heteroatoms. The molecule has 2 aliphatic rings. The van der Waals surface area contributed by atoms with Gasteiger partial charge in [0.2, 0.25) is 0 Å². The quantitative estimate of drug-likeness (QED) is 0.126. The van der Waals surface area contributed by atoms with E-state index in [1.807, 2.05) is 12.1 Å². The fourth-order valence-electron chi connectivity index (χ4n) is 5.60. The van der Waals surface area contributed by atoms with Crippen LogP contribution in [0.3, 0.4) is 0 Å². The van der Waals surface area contributed by atoms with E-state index in [0.29, 0.717) is 39.6 Å². The van der Waals surface area contributed by atoms with E-state index in [-0.39, 0.29) is 22.3 Å². The van der Waals surface area contributed by atoms with Crippen molar-refractivity contribution in [3.63, 3.8) is 0 Å². The summed E-state index contributed by atoms with van der Waals surface area (Å²) in [5, 5.41) is 0.249. The second-order valence-electron chi connectivity index (χ2n) is 16.3. The van der Waals surface area contributed by atoms with Crippen molar-refractivity contribution in [3.05, 3.63) is 117 Å². The van der Waals surface area contributed by atoms with E-state index >= 15 is 0 Å². The van der Waals surface area contributed by atoms with Gasteiger partial charge in [0.15, 0.2) is 16.6 Å². The summed E-state index contributed by atoms with van der Waals surface area (Å²) in [4.78, 5) is 0. The maximum atomic E-state index is 6.85. The number of fused-ring (bicyclic) bond motifs is 5. The highest BCUT2D eigenvalue weighted by molar-refractivity contribution is 6.74. The number of rotatable bonds is 14. The first-order valence-corrected chi connectivity index (χ1v) is 22.9. The summed E-state index contributed by atoms with van der Waals surface area (Å²) in [6.45, 7) is 26.4. The van der Waals surface area contributed by atoms with Gasteiger partial charge in [-0.25, -0.2) is 0 Å². The maximum absolute atomic E-state index is 6.85. The molecular formula is C40H56O5Si2. The highest BCUT2D eigenvalue weighted by atomic mass is 28.4. The predicted molar refractivity (Wildman–Crippen MR) is 196 cm³/mol. The van der Waals surface area contributed by atoms with Crippen LogP contribution in [0.2, 0.25) is 36.3 Å². The third kappa shape index (κ3) is 8.27. The van der Waals surface area contributed by atoms with Crippen LogP contribution >= 0.6 is 0 Å². The summed E-state index contributed by atoms with van der Waals surface area (Å²) in [5.74, 6) is 0. The molecule has 3 aromatic carbocycles. The van der Waals surface area contributed by atoms with Gasteiger partial charge in [-0.1, -0.05) is 102 Å².